The Hall–Kier alpha value is -2.07. The summed E-state index contributed by atoms with van der Waals surface area (Å²) in [6, 6.07) is 15.1. The van der Waals surface area contributed by atoms with E-state index in [2.05, 4.69) is 47.4 Å². The Bertz CT molecular complexity index is 628. The topological polar surface area (TPSA) is 58.3 Å². The molecule has 1 heterocycles. The first-order valence-corrected chi connectivity index (χ1v) is 7.06. The number of nitrogens with zero attached hydrogens (tertiary/aromatic N) is 2. The molecule has 0 spiro atoms. The Morgan fingerprint density at radius 3 is 2.45 bits per heavy atom. The van der Waals surface area contributed by atoms with Gasteiger partial charge in [-0.25, -0.2) is 0 Å². The molecule has 4 nitrogen and oxygen atoms in total. The van der Waals surface area contributed by atoms with Crippen LogP contribution in [-0.2, 0) is 6.54 Å². The molecule has 0 aliphatic carbocycles. The molecule has 0 atom stereocenters. The quantitative estimate of drug-likeness (QED) is 0.630. The highest BCUT2D eigenvalue weighted by Crippen LogP contribution is 2.20. The number of benzene rings is 2. The normalized spacial score (nSPS) is 16.5. The fourth-order valence-corrected chi connectivity index (χ4v) is 2.84. The van der Waals surface area contributed by atoms with Crippen LogP contribution in [0.5, 0.6) is 0 Å². The molecule has 0 aromatic heterocycles. The number of rotatable bonds is 2. The van der Waals surface area contributed by atoms with Crippen molar-refractivity contribution in [2.24, 2.45) is 11.5 Å². The van der Waals surface area contributed by atoms with E-state index >= 15 is 0 Å². The maximum Gasteiger partial charge on any atom is 0.341 e. The van der Waals surface area contributed by atoms with Crippen LogP contribution in [0.2, 0.25) is 0 Å². The highest BCUT2D eigenvalue weighted by Gasteiger charge is 2.17. The lowest BCUT2D eigenvalue weighted by Gasteiger charge is -2.28. The summed E-state index contributed by atoms with van der Waals surface area (Å²) in [5.74, 6) is 0.440. The van der Waals surface area contributed by atoms with Gasteiger partial charge in [0.2, 0.25) is 0 Å². The minimum Gasteiger partial charge on any atom is -0.293 e. The van der Waals surface area contributed by atoms with E-state index in [-0.39, 0.29) is 0 Å². The van der Waals surface area contributed by atoms with E-state index in [1.807, 2.05) is 4.58 Å². The molecule has 0 unspecified atom stereocenters. The third-order valence-electron chi connectivity index (χ3n) is 4.01. The fraction of sp³-hybridized carbons (Fsp3) is 0.312. The molecule has 0 bridgehead atoms. The first-order chi connectivity index (χ1) is 9.74. The zero-order valence-electron chi connectivity index (χ0n) is 11.6. The van der Waals surface area contributed by atoms with Gasteiger partial charge >= 0.3 is 5.96 Å². The van der Waals surface area contributed by atoms with E-state index in [1.165, 1.54) is 16.3 Å². The van der Waals surface area contributed by atoms with Crippen LogP contribution in [-0.4, -0.2) is 41.6 Å². The van der Waals surface area contributed by atoms with Gasteiger partial charge in [0.1, 0.15) is 0 Å². The van der Waals surface area contributed by atoms with E-state index in [4.69, 9.17) is 11.5 Å². The van der Waals surface area contributed by atoms with Crippen molar-refractivity contribution >= 4 is 16.7 Å². The summed E-state index contributed by atoms with van der Waals surface area (Å²) >= 11 is 0. The van der Waals surface area contributed by atoms with Crippen LogP contribution in [0.4, 0.5) is 0 Å². The van der Waals surface area contributed by atoms with Gasteiger partial charge in [0.15, 0.2) is 0 Å². The predicted molar refractivity (Wildman–Crippen MR) is 82.6 cm³/mol. The second-order valence-corrected chi connectivity index (χ2v) is 5.33. The third-order valence-corrected chi connectivity index (χ3v) is 4.01. The molecule has 1 saturated heterocycles. The SMILES string of the molecule is NC(N)=[N+]1CCN(Cc2cccc3ccccc23)CC1. The summed E-state index contributed by atoms with van der Waals surface area (Å²) in [4.78, 5) is 2.46. The Kier molecular flexibility index (Phi) is 3.56. The van der Waals surface area contributed by atoms with Gasteiger partial charge in [-0.2, -0.15) is 0 Å². The van der Waals surface area contributed by atoms with Crippen molar-refractivity contribution < 1.29 is 4.58 Å². The van der Waals surface area contributed by atoms with Crippen LogP contribution in [0.3, 0.4) is 0 Å². The van der Waals surface area contributed by atoms with E-state index in [9.17, 15) is 0 Å². The first kappa shape index (κ1) is 12.9. The van der Waals surface area contributed by atoms with Crippen molar-refractivity contribution in [1.29, 1.82) is 0 Å². The van der Waals surface area contributed by atoms with Crippen LogP contribution in [0.25, 0.3) is 10.8 Å². The molecule has 1 aliphatic heterocycles. The minimum absolute atomic E-state index is 0.440. The van der Waals surface area contributed by atoms with Gasteiger partial charge in [-0.05, 0) is 16.3 Å². The van der Waals surface area contributed by atoms with Gasteiger partial charge < -0.3 is 0 Å². The summed E-state index contributed by atoms with van der Waals surface area (Å²) in [7, 11) is 0. The van der Waals surface area contributed by atoms with Crippen molar-refractivity contribution in [1.82, 2.24) is 4.90 Å². The Morgan fingerprint density at radius 1 is 1.00 bits per heavy atom. The van der Waals surface area contributed by atoms with E-state index in [0.29, 0.717) is 5.96 Å². The number of nitrogens with two attached hydrogens (primary N) is 2. The number of fused-ring (bicyclic) bond motifs is 1. The smallest absolute Gasteiger partial charge is 0.293 e. The van der Waals surface area contributed by atoms with Crippen molar-refractivity contribution in [2.75, 3.05) is 26.2 Å². The second-order valence-electron chi connectivity index (χ2n) is 5.33. The minimum atomic E-state index is 0.440. The molecule has 1 fully saturated rings. The van der Waals surface area contributed by atoms with Crippen LogP contribution in [0, 0.1) is 0 Å². The first-order valence-electron chi connectivity index (χ1n) is 7.06. The molecule has 2 aromatic carbocycles. The Morgan fingerprint density at radius 2 is 1.70 bits per heavy atom. The molecule has 4 heteroatoms. The molecule has 0 radical (unpaired) electrons. The zero-order chi connectivity index (χ0) is 13.9. The molecule has 0 saturated carbocycles. The maximum absolute atomic E-state index is 5.64. The third kappa shape index (κ3) is 2.60. The summed E-state index contributed by atoms with van der Waals surface area (Å²) in [5, 5.41) is 2.66. The molecule has 1 aliphatic rings. The number of hydrogen-bond donors (Lipinski definition) is 2. The van der Waals surface area contributed by atoms with Crippen LogP contribution in [0.1, 0.15) is 5.56 Å². The molecule has 104 valence electrons. The highest BCUT2D eigenvalue weighted by atomic mass is 15.2. The van der Waals surface area contributed by atoms with Crippen molar-refractivity contribution in [3.8, 4) is 0 Å². The van der Waals surface area contributed by atoms with Crippen LogP contribution < -0.4 is 11.5 Å². The maximum atomic E-state index is 5.64. The van der Waals surface area contributed by atoms with Gasteiger partial charge in [0.05, 0.1) is 13.1 Å². The predicted octanol–water partition coefficient (Wildman–Crippen LogP) is 0.941. The van der Waals surface area contributed by atoms with Crippen LogP contribution in [0.15, 0.2) is 42.5 Å². The zero-order valence-corrected chi connectivity index (χ0v) is 11.6. The van der Waals surface area contributed by atoms with E-state index < -0.39 is 0 Å². The summed E-state index contributed by atoms with van der Waals surface area (Å²) in [6.07, 6.45) is 0. The standard InChI is InChI=1S/C16H20N4/c17-16(18)20-10-8-19(9-11-20)12-14-6-3-5-13-4-1-2-7-15(13)14/h1-7H,8-12H2,(H3,17,18)/p+1. The fourth-order valence-electron chi connectivity index (χ4n) is 2.84. The lowest BCUT2D eigenvalue weighted by Crippen LogP contribution is -2.47. The molecule has 3 rings (SSSR count). The number of guanidine groups is 1. The van der Waals surface area contributed by atoms with Crippen molar-refractivity contribution in [2.45, 2.75) is 6.54 Å². The van der Waals surface area contributed by atoms with Gasteiger partial charge in [0.25, 0.3) is 0 Å². The molecule has 20 heavy (non-hydrogen) atoms. The molecular formula is C16H21N4+. The molecule has 2 aromatic rings. The van der Waals surface area contributed by atoms with Gasteiger partial charge in [-0.3, -0.25) is 20.9 Å². The van der Waals surface area contributed by atoms with E-state index in [1.54, 1.807) is 0 Å². The lowest BCUT2D eigenvalue weighted by molar-refractivity contribution is -0.541. The Labute approximate surface area is 119 Å². The van der Waals surface area contributed by atoms with Gasteiger partial charge in [-0.1, -0.05) is 42.5 Å². The van der Waals surface area contributed by atoms with Crippen molar-refractivity contribution in [3.63, 3.8) is 0 Å². The van der Waals surface area contributed by atoms with Gasteiger partial charge in [-0.15, -0.1) is 0 Å². The van der Waals surface area contributed by atoms with Gasteiger partial charge in [0, 0.05) is 19.6 Å². The average Bonchev–Trinajstić information content (AvgIpc) is 2.48. The summed E-state index contributed by atoms with van der Waals surface area (Å²) in [5.41, 5.74) is 12.7. The Balaban J connectivity index is 1.76. The van der Waals surface area contributed by atoms with Crippen molar-refractivity contribution in [3.05, 3.63) is 48.0 Å². The summed E-state index contributed by atoms with van der Waals surface area (Å²) < 4.78 is 2.04. The molecule has 4 N–H and O–H groups in total. The second kappa shape index (κ2) is 5.51. The van der Waals surface area contributed by atoms with Crippen LogP contribution >= 0.6 is 0 Å². The average molecular weight is 269 g/mol. The highest BCUT2D eigenvalue weighted by molar-refractivity contribution is 5.85. The summed E-state index contributed by atoms with van der Waals surface area (Å²) in [6.45, 7) is 4.81. The largest absolute Gasteiger partial charge is 0.341 e. The molecular weight excluding hydrogens is 248 g/mol. The lowest BCUT2D eigenvalue weighted by atomic mass is 10.0. The number of hydrogen-bond acceptors (Lipinski definition) is 1. The monoisotopic (exact) mass is 269 g/mol. The molecule has 0 amide bonds. The number of piperazine rings is 1. The van der Waals surface area contributed by atoms with E-state index in [0.717, 1.165) is 32.7 Å².